The zero-order valence-corrected chi connectivity index (χ0v) is 10.3. The average Bonchev–Trinajstić information content (AvgIpc) is 2.77. The molecule has 2 heterocycles. The highest BCUT2D eigenvalue weighted by molar-refractivity contribution is 4.96. The number of methoxy groups -OCH3 is 1. The van der Waals surface area contributed by atoms with Gasteiger partial charge in [0.25, 0.3) is 0 Å². The van der Waals surface area contributed by atoms with Gasteiger partial charge in [0, 0.05) is 32.3 Å². The smallest absolute Gasteiger partial charge is 0.0746 e. The van der Waals surface area contributed by atoms with Gasteiger partial charge in [-0.2, -0.15) is 0 Å². The van der Waals surface area contributed by atoms with E-state index in [4.69, 9.17) is 4.74 Å². The Bertz CT molecular complexity index is 218. The van der Waals surface area contributed by atoms with Crippen molar-refractivity contribution >= 4 is 0 Å². The molecule has 0 aromatic carbocycles. The van der Waals surface area contributed by atoms with Crippen molar-refractivity contribution in [3.05, 3.63) is 0 Å². The van der Waals surface area contributed by atoms with Crippen molar-refractivity contribution in [2.24, 2.45) is 0 Å². The van der Waals surface area contributed by atoms with E-state index in [1.807, 2.05) is 0 Å². The number of hydrogen-bond acceptors (Lipinski definition) is 3. The third-order valence-electron chi connectivity index (χ3n) is 3.95. The maximum atomic E-state index is 5.43. The van der Waals surface area contributed by atoms with E-state index in [1.54, 1.807) is 7.11 Å². The van der Waals surface area contributed by atoms with Gasteiger partial charge in [0.05, 0.1) is 5.60 Å². The van der Waals surface area contributed by atoms with E-state index in [1.165, 1.54) is 32.4 Å². The van der Waals surface area contributed by atoms with Gasteiger partial charge in [-0.3, -0.25) is 4.90 Å². The van der Waals surface area contributed by atoms with Crippen LogP contribution >= 0.6 is 0 Å². The Morgan fingerprint density at radius 1 is 1.33 bits per heavy atom. The molecule has 88 valence electrons. The Labute approximate surface area is 93.2 Å². The van der Waals surface area contributed by atoms with Crippen LogP contribution in [0.15, 0.2) is 0 Å². The maximum absolute atomic E-state index is 5.43. The van der Waals surface area contributed by atoms with Crippen molar-refractivity contribution < 1.29 is 4.74 Å². The van der Waals surface area contributed by atoms with E-state index in [9.17, 15) is 0 Å². The summed E-state index contributed by atoms with van der Waals surface area (Å²) < 4.78 is 5.43. The molecule has 2 fully saturated rings. The summed E-state index contributed by atoms with van der Waals surface area (Å²) in [5.41, 5.74) is -0.0357. The molecule has 0 bridgehead atoms. The molecule has 0 aromatic rings. The van der Waals surface area contributed by atoms with Crippen LogP contribution in [0.25, 0.3) is 0 Å². The van der Waals surface area contributed by atoms with Gasteiger partial charge in [-0.1, -0.05) is 0 Å². The Morgan fingerprint density at radius 2 is 2.13 bits per heavy atom. The van der Waals surface area contributed by atoms with E-state index in [-0.39, 0.29) is 5.60 Å². The first kappa shape index (κ1) is 11.4. The van der Waals surface area contributed by atoms with Crippen LogP contribution in [0.3, 0.4) is 0 Å². The van der Waals surface area contributed by atoms with Gasteiger partial charge < -0.3 is 10.1 Å². The van der Waals surface area contributed by atoms with Crippen LogP contribution < -0.4 is 5.32 Å². The highest BCUT2D eigenvalue weighted by Gasteiger charge is 2.37. The Morgan fingerprint density at radius 3 is 2.87 bits per heavy atom. The van der Waals surface area contributed by atoms with Gasteiger partial charge in [0.2, 0.25) is 0 Å². The number of nitrogens with zero attached hydrogens (tertiary/aromatic N) is 1. The summed E-state index contributed by atoms with van der Waals surface area (Å²) in [5.74, 6) is 0. The second-order valence-corrected chi connectivity index (χ2v) is 5.49. The van der Waals surface area contributed by atoms with E-state index in [0.29, 0.717) is 6.04 Å². The lowest BCUT2D eigenvalue weighted by Crippen LogP contribution is -2.46. The molecule has 2 aliphatic rings. The summed E-state index contributed by atoms with van der Waals surface area (Å²) in [6.07, 6.45) is 4.08. The predicted octanol–water partition coefficient (Wildman–Crippen LogP) is 1.24. The standard InChI is InChI=1S/C12H24N2O/c1-12(2,15-3)9-13-10-6-8-14-7-4-5-11(10)14/h10-11,13H,4-9H2,1-3H3. The van der Waals surface area contributed by atoms with Gasteiger partial charge in [0.15, 0.2) is 0 Å². The first-order valence-electron chi connectivity index (χ1n) is 6.15. The SMILES string of the molecule is COC(C)(C)CNC1CCN2CCCC12. The average molecular weight is 212 g/mol. The predicted molar refractivity (Wildman–Crippen MR) is 62.1 cm³/mol. The van der Waals surface area contributed by atoms with Crippen molar-refractivity contribution in [2.75, 3.05) is 26.7 Å². The number of fused-ring (bicyclic) bond motifs is 1. The van der Waals surface area contributed by atoms with Crippen molar-refractivity contribution in [3.63, 3.8) is 0 Å². The van der Waals surface area contributed by atoms with Crippen LogP contribution in [0.4, 0.5) is 0 Å². The normalized spacial score (nSPS) is 32.2. The fraction of sp³-hybridized carbons (Fsp3) is 1.00. The van der Waals surface area contributed by atoms with Crippen LogP contribution in [-0.4, -0.2) is 49.3 Å². The van der Waals surface area contributed by atoms with Gasteiger partial charge in [-0.05, 0) is 39.7 Å². The van der Waals surface area contributed by atoms with Crippen molar-refractivity contribution in [3.8, 4) is 0 Å². The Balaban J connectivity index is 1.80. The number of hydrogen-bond donors (Lipinski definition) is 1. The number of nitrogens with one attached hydrogen (secondary N) is 1. The Hall–Kier alpha value is -0.120. The van der Waals surface area contributed by atoms with Gasteiger partial charge in [-0.25, -0.2) is 0 Å². The molecule has 0 radical (unpaired) electrons. The zero-order valence-electron chi connectivity index (χ0n) is 10.3. The fourth-order valence-corrected chi connectivity index (χ4v) is 2.77. The van der Waals surface area contributed by atoms with Gasteiger partial charge in [0.1, 0.15) is 0 Å². The molecule has 2 saturated heterocycles. The maximum Gasteiger partial charge on any atom is 0.0746 e. The highest BCUT2D eigenvalue weighted by atomic mass is 16.5. The number of ether oxygens (including phenoxy) is 1. The monoisotopic (exact) mass is 212 g/mol. The lowest BCUT2D eigenvalue weighted by molar-refractivity contribution is 0.0204. The summed E-state index contributed by atoms with van der Waals surface area (Å²) >= 11 is 0. The lowest BCUT2D eigenvalue weighted by atomic mass is 10.0. The summed E-state index contributed by atoms with van der Waals surface area (Å²) in [4.78, 5) is 2.64. The topological polar surface area (TPSA) is 24.5 Å². The molecule has 0 saturated carbocycles. The molecular formula is C12H24N2O. The first-order valence-corrected chi connectivity index (χ1v) is 6.15. The molecule has 0 aromatic heterocycles. The molecule has 3 nitrogen and oxygen atoms in total. The highest BCUT2D eigenvalue weighted by Crippen LogP contribution is 2.28. The summed E-state index contributed by atoms with van der Waals surface area (Å²) in [5, 5.41) is 3.68. The van der Waals surface area contributed by atoms with E-state index < -0.39 is 0 Å². The summed E-state index contributed by atoms with van der Waals surface area (Å²) in [7, 11) is 1.79. The third kappa shape index (κ3) is 2.52. The second-order valence-electron chi connectivity index (χ2n) is 5.49. The quantitative estimate of drug-likeness (QED) is 0.759. The van der Waals surface area contributed by atoms with Crippen LogP contribution in [-0.2, 0) is 4.74 Å². The molecule has 2 aliphatic heterocycles. The van der Waals surface area contributed by atoms with Gasteiger partial charge >= 0.3 is 0 Å². The Kier molecular flexibility index (Phi) is 3.33. The van der Waals surface area contributed by atoms with Crippen LogP contribution in [0.5, 0.6) is 0 Å². The van der Waals surface area contributed by atoms with E-state index in [0.717, 1.165) is 12.6 Å². The molecule has 0 spiro atoms. The third-order valence-corrected chi connectivity index (χ3v) is 3.95. The summed E-state index contributed by atoms with van der Waals surface area (Å²) in [6.45, 7) is 7.84. The first-order chi connectivity index (χ1) is 7.12. The molecular weight excluding hydrogens is 188 g/mol. The van der Waals surface area contributed by atoms with Crippen molar-refractivity contribution in [2.45, 2.75) is 50.8 Å². The van der Waals surface area contributed by atoms with Gasteiger partial charge in [-0.15, -0.1) is 0 Å². The molecule has 2 atom stereocenters. The fourth-order valence-electron chi connectivity index (χ4n) is 2.77. The van der Waals surface area contributed by atoms with Crippen LogP contribution in [0.2, 0.25) is 0 Å². The second kappa shape index (κ2) is 4.40. The molecule has 1 N–H and O–H groups in total. The summed E-state index contributed by atoms with van der Waals surface area (Å²) in [6, 6.07) is 1.50. The number of rotatable bonds is 4. The van der Waals surface area contributed by atoms with E-state index >= 15 is 0 Å². The zero-order chi connectivity index (χ0) is 10.9. The van der Waals surface area contributed by atoms with E-state index in [2.05, 4.69) is 24.1 Å². The van der Waals surface area contributed by atoms with Crippen LogP contribution in [0.1, 0.15) is 33.1 Å². The minimum Gasteiger partial charge on any atom is -0.377 e. The molecule has 2 rings (SSSR count). The minimum absolute atomic E-state index is 0.0357. The van der Waals surface area contributed by atoms with Crippen molar-refractivity contribution in [1.82, 2.24) is 10.2 Å². The van der Waals surface area contributed by atoms with Crippen LogP contribution in [0, 0.1) is 0 Å². The molecule has 3 heteroatoms. The largest absolute Gasteiger partial charge is 0.377 e. The minimum atomic E-state index is -0.0357. The lowest BCUT2D eigenvalue weighted by Gasteiger charge is -2.28. The molecule has 2 unspecified atom stereocenters. The van der Waals surface area contributed by atoms with Crippen molar-refractivity contribution in [1.29, 1.82) is 0 Å². The molecule has 15 heavy (non-hydrogen) atoms. The molecule has 0 amide bonds. The molecule has 0 aliphatic carbocycles.